The molecule has 2 aliphatic carbocycles. The Kier molecular flexibility index (Phi) is 4.53. The van der Waals surface area contributed by atoms with Crippen molar-refractivity contribution in [2.24, 2.45) is 5.92 Å². The van der Waals surface area contributed by atoms with E-state index in [4.69, 9.17) is 20.3 Å². The largest absolute Gasteiger partial charge is 0.366 e. The first-order valence-corrected chi connectivity index (χ1v) is 12.6. The second kappa shape index (κ2) is 7.64. The molecule has 0 amide bonds. The Hall–Kier alpha value is -3.24. The molecule has 2 aromatic heterocycles. The number of hydrogen-bond acceptors (Lipinski definition) is 6. The van der Waals surface area contributed by atoms with E-state index in [0.717, 1.165) is 48.2 Å². The van der Waals surface area contributed by atoms with Gasteiger partial charge in [-0.1, -0.05) is 6.08 Å². The van der Waals surface area contributed by atoms with Crippen LogP contribution in [0, 0.1) is 17.2 Å². The van der Waals surface area contributed by atoms with Gasteiger partial charge in [0.1, 0.15) is 0 Å². The minimum Gasteiger partial charge on any atom is -0.366 e. The van der Waals surface area contributed by atoms with Gasteiger partial charge in [-0.05, 0) is 63.3 Å². The van der Waals surface area contributed by atoms with Crippen molar-refractivity contribution in [3.05, 3.63) is 48.4 Å². The standard InChI is InChI=1S/C27H29N7/c1-32-14-22-11-21(32)15-33(22)19-6-7-24-25(12-19)30-26(13-29-24)23-16-34(31-27(23)18-4-5-18)20-9-17(10-20)3-2-8-28/h2-3,6-7,12-13,16-18,20-22H,4-5,9-11,14-15H2,1H3/b3-2+/t17?,20?,21-,22-/m1/s1. The lowest BCUT2D eigenvalue weighted by Gasteiger charge is -2.33. The van der Waals surface area contributed by atoms with Gasteiger partial charge >= 0.3 is 0 Å². The van der Waals surface area contributed by atoms with Crippen molar-refractivity contribution in [3.8, 4) is 17.3 Å². The molecule has 2 atom stereocenters. The quantitative estimate of drug-likeness (QED) is 0.539. The van der Waals surface area contributed by atoms with Crippen LogP contribution in [-0.4, -0.2) is 56.9 Å². The average Bonchev–Trinajstić information content (AvgIpc) is 3.28. The van der Waals surface area contributed by atoms with E-state index in [-0.39, 0.29) is 0 Å². The van der Waals surface area contributed by atoms with E-state index in [1.807, 2.05) is 12.3 Å². The molecule has 34 heavy (non-hydrogen) atoms. The molecule has 2 aliphatic heterocycles. The van der Waals surface area contributed by atoms with Crippen LogP contribution in [-0.2, 0) is 0 Å². The summed E-state index contributed by atoms with van der Waals surface area (Å²) in [6, 6.07) is 10.3. The fraction of sp³-hybridized carbons (Fsp3) is 0.481. The van der Waals surface area contributed by atoms with E-state index in [0.29, 0.717) is 30.0 Å². The zero-order valence-corrected chi connectivity index (χ0v) is 19.5. The number of benzene rings is 1. The Morgan fingerprint density at radius 1 is 1.06 bits per heavy atom. The number of allylic oxidation sites excluding steroid dienone is 2. The first-order valence-electron chi connectivity index (χ1n) is 12.6. The molecule has 2 bridgehead atoms. The molecule has 1 aromatic carbocycles. The zero-order valence-electron chi connectivity index (χ0n) is 19.5. The smallest absolute Gasteiger partial charge is 0.0927 e. The maximum absolute atomic E-state index is 8.77. The van der Waals surface area contributed by atoms with Crippen molar-refractivity contribution in [3.63, 3.8) is 0 Å². The highest BCUT2D eigenvalue weighted by Crippen LogP contribution is 2.46. The van der Waals surface area contributed by atoms with Gasteiger partial charge in [0.15, 0.2) is 0 Å². The number of likely N-dealkylation sites (N-methyl/N-ethyl adjacent to an activating group) is 1. The van der Waals surface area contributed by atoms with Crippen molar-refractivity contribution in [1.82, 2.24) is 24.6 Å². The van der Waals surface area contributed by atoms with E-state index in [9.17, 15) is 0 Å². The molecule has 0 radical (unpaired) electrons. The van der Waals surface area contributed by atoms with Crippen LogP contribution < -0.4 is 4.90 Å². The highest BCUT2D eigenvalue weighted by molar-refractivity contribution is 5.81. The van der Waals surface area contributed by atoms with Crippen LogP contribution >= 0.6 is 0 Å². The fourth-order valence-corrected chi connectivity index (χ4v) is 6.12. The molecule has 4 fully saturated rings. The third-order valence-corrected chi connectivity index (χ3v) is 8.34. The maximum Gasteiger partial charge on any atom is 0.0927 e. The Morgan fingerprint density at radius 2 is 1.94 bits per heavy atom. The van der Waals surface area contributed by atoms with Crippen LogP contribution in [0.25, 0.3) is 22.3 Å². The number of likely N-dealkylation sites (tertiary alicyclic amines) is 1. The number of nitrogens with zero attached hydrogens (tertiary/aromatic N) is 7. The molecule has 4 aliphatic rings. The Bertz CT molecular complexity index is 1320. The summed E-state index contributed by atoms with van der Waals surface area (Å²) in [5, 5.41) is 13.8. The Balaban J connectivity index is 1.19. The first kappa shape index (κ1) is 20.2. The van der Waals surface area contributed by atoms with Crippen molar-refractivity contribution in [2.45, 2.75) is 56.1 Å². The van der Waals surface area contributed by atoms with Crippen LogP contribution in [0.2, 0.25) is 0 Å². The molecule has 0 N–H and O–H groups in total. The molecular weight excluding hydrogens is 422 g/mol. The molecule has 2 saturated heterocycles. The second-order valence-electron chi connectivity index (χ2n) is 10.6. The summed E-state index contributed by atoms with van der Waals surface area (Å²) in [6.45, 7) is 2.25. The fourth-order valence-electron chi connectivity index (χ4n) is 6.12. The molecule has 4 heterocycles. The zero-order chi connectivity index (χ0) is 22.8. The summed E-state index contributed by atoms with van der Waals surface area (Å²) in [4.78, 5) is 14.9. The van der Waals surface area contributed by atoms with Crippen LogP contribution in [0.15, 0.2) is 42.7 Å². The molecule has 7 heteroatoms. The molecule has 0 spiro atoms. The predicted octanol–water partition coefficient (Wildman–Crippen LogP) is 4.29. The lowest BCUT2D eigenvalue weighted by molar-refractivity contribution is 0.223. The normalized spacial score (nSPS) is 28.6. The summed E-state index contributed by atoms with van der Waals surface area (Å²) in [5.41, 5.74) is 6.43. The molecule has 0 unspecified atom stereocenters. The number of piperazine rings is 1. The van der Waals surface area contributed by atoms with E-state index >= 15 is 0 Å². The average molecular weight is 452 g/mol. The van der Waals surface area contributed by atoms with E-state index in [2.05, 4.69) is 52.0 Å². The highest BCUT2D eigenvalue weighted by Gasteiger charge is 2.41. The minimum absolute atomic E-state index is 0.406. The van der Waals surface area contributed by atoms with Crippen LogP contribution in [0.4, 0.5) is 5.69 Å². The van der Waals surface area contributed by atoms with Gasteiger partial charge in [-0.25, -0.2) is 4.98 Å². The molecule has 7 rings (SSSR count). The number of rotatable bonds is 5. The Morgan fingerprint density at radius 3 is 2.68 bits per heavy atom. The van der Waals surface area contributed by atoms with Gasteiger partial charge in [0.2, 0.25) is 0 Å². The van der Waals surface area contributed by atoms with Gasteiger partial charge in [-0.15, -0.1) is 0 Å². The lowest BCUT2D eigenvalue weighted by Crippen LogP contribution is -2.44. The van der Waals surface area contributed by atoms with E-state index in [1.165, 1.54) is 30.6 Å². The van der Waals surface area contributed by atoms with Gasteiger partial charge in [0.05, 0.1) is 40.7 Å². The van der Waals surface area contributed by atoms with Gasteiger partial charge < -0.3 is 4.90 Å². The molecule has 172 valence electrons. The third-order valence-electron chi connectivity index (χ3n) is 8.34. The summed E-state index contributed by atoms with van der Waals surface area (Å²) in [6.07, 6.45) is 13.5. The van der Waals surface area contributed by atoms with Crippen LogP contribution in [0.1, 0.15) is 49.8 Å². The van der Waals surface area contributed by atoms with E-state index in [1.54, 1.807) is 6.08 Å². The monoisotopic (exact) mass is 451 g/mol. The number of hydrogen-bond donors (Lipinski definition) is 0. The SMILES string of the molecule is CN1C[C@H]2C[C@@H]1CN2c1ccc2ncc(-c3cn(C4CC(/C=C/C#N)C4)nc3C3CC3)nc2c1. The van der Waals surface area contributed by atoms with Crippen molar-refractivity contribution in [1.29, 1.82) is 5.26 Å². The van der Waals surface area contributed by atoms with Gasteiger partial charge in [-0.2, -0.15) is 10.4 Å². The third kappa shape index (κ3) is 3.32. The van der Waals surface area contributed by atoms with Crippen molar-refractivity contribution >= 4 is 16.7 Å². The number of fused-ring (bicyclic) bond motifs is 3. The topological polar surface area (TPSA) is 73.9 Å². The summed E-state index contributed by atoms with van der Waals surface area (Å²) in [7, 11) is 2.24. The molecule has 7 nitrogen and oxygen atoms in total. The van der Waals surface area contributed by atoms with Crippen LogP contribution in [0.3, 0.4) is 0 Å². The van der Waals surface area contributed by atoms with E-state index < -0.39 is 0 Å². The summed E-state index contributed by atoms with van der Waals surface area (Å²) in [5.74, 6) is 1.03. The van der Waals surface area contributed by atoms with Gasteiger partial charge in [0.25, 0.3) is 0 Å². The number of anilines is 1. The van der Waals surface area contributed by atoms with Crippen LogP contribution in [0.5, 0.6) is 0 Å². The Labute approximate surface area is 199 Å². The maximum atomic E-state index is 8.77. The van der Waals surface area contributed by atoms with Gasteiger partial charge in [0, 0.05) is 54.6 Å². The van der Waals surface area contributed by atoms with Gasteiger partial charge in [-0.3, -0.25) is 14.6 Å². The highest BCUT2D eigenvalue weighted by atomic mass is 15.3. The van der Waals surface area contributed by atoms with Crippen molar-refractivity contribution < 1.29 is 0 Å². The lowest BCUT2D eigenvalue weighted by atomic mass is 9.80. The predicted molar refractivity (Wildman–Crippen MR) is 131 cm³/mol. The first-order chi connectivity index (χ1) is 16.7. The van der Waals surface area contributed by atoms with Crippen molar-refractivity contribution in [2.75, 3.05) is 25.0 Å². The number of nitriles is 1. The second-order valence-corrected chi connectivity index (χ2v) is 10.6. The molecule has 3 aromatic rings. The molecule has 2 saturated carbocycles. The summed E-state index contributed by atoms with van der Waals surface area (Å²) < 4.78 is 2.15. The minimum atomic E-state index is 0.406. The number of aromatic nitrogens is 4. The summed E-state index contributed by atoms with van der Waals surface area (Å²) >= 11 is 0. The molecular formula is C27H29N7.